The molecule has 1 heterocycles. The molecule has 0 aliphatic carbocycles. The fourth-order valence-electron chi connectivity index (χ4n) is 1.98. The van der Waals surface area contributed by atoms with Crippen molar-refractivity contribution in [2.45, 2.75) is 13.0 Å². The number of carbonyl (C=O) groups excluding carboxylic acids is 2. The Balaban J connectivity index is 1.96. The highest BCUT2D eigenvalue weighted by Crippen LogP contribution is 2.32. The van der Waals surface area contributed by atoms with Crippen LogP contribution in [-0.4, -0.2) is 30.0 Å². The number of hydrogen-bond donors (Lipinski definition) is 3. The number of nitrogens with one attached hydrogen (secondary N) is 2. The molecule has 0 spiro atoms. The van der Waals surface area contributed by atoms with Crippen molar-refractivity contribution < 1.29 is 14.3 Å². The topological polar surface area (TPSA) is 93.5 Å². The molecule has 0 atom stereocenters. The minimum Gasteiger partial charge on any atom is -0.493 e. The first kappa shape index (κ1) is 15.7. The van der Waals surface area contributed by atoms with Crippen LogP contribution < -0.4 is 21.1 Å². The highest BCUT2D eigenvalue weighted by molar-refractivity contribution is 9.10. The predicted molar refractivity (Wildman–Crippen MR) is 85.0 cm³/mol. The minimum absolute atomic E-state index is 0.00299. The van der Waals surface area contributed by atoms with Gasteiger partial charge in [0.15, 0.2) is 0 Å². The third-order valence-corrected chi connectivity index (χ3v) is 3.50. The van der Waals surface area contributed by atoms with E-state index in [1.807, 2.05) is 12.1 Å². The van der Waals surface area contributed by atoms with E-state index >= 15 is 0 Å². The average Bonchev–Trinajstić information content (AvgIpc) is 2.89. The maximum Gasteiger partial charge on any atom is 0.309 e. The first-order chi connectivity index (χ1) is 9.97. The van der Waals surface area contributed by atoms with E-state index < -0.39 is 11.8 Å². The third kappa shape index (κ3) is 4.15. The molecule has 21 heavy (non-hydrogen) atoms. The van der Waals surface area contributed by atoms with Gasteiger partial charge in [0.05, 0.1) is 18.1 Å². The summed E-state index contributed by atoms with van der Waals surface area (Å²) in [6.07, 6.45) is 0.837. The first-order valence-corrected chi connectivity index (χ1v) is 7.46. The van der Waals surface area contributed by atoms with E-state index in [4.69, 9.17) is 10.5 Å². The SMILES string of the molecule is NC(=S)CNC(=O)C(=O)NCc1cc(Br)cc2c1OCC2. The highest BCUT2D eigenvalue weighted by Gasteiger charge is 2.19. The summed E-state index contributed by atoms with van der Waals surface area (Å²) in [4.78, 5) is 23.3. The summed E-state index contributed by atoms with van der Waals surface area (Å²) in [5.41, 5.74) is 7.16. The van der Waals surface area contributed by atoms with Crippen LogP contribution in [0.25, 0.3) is 0 Å². The minimum atomic E-state index is -0.768. The maximum absolute atomic E-state index is 11.7. The summed E-state index contributed by atoms with van der Waals surface area (Å²) in [5.74, 6) is -0.727. The lowest BCUT2D eigenvalue weighted by Gasteiger charge is -2.10. The highest BCUT2D eigenvalue weighted by atomic mass is 79.9. The van der Waals surface area contributed by atoms with Gasteiger partial charge in [-0.1, -0.05) is 28.1 Å². The Morgan fingerprint density at radius 3 is 2.76 bits per heavy atom. The second kappa shape index (κ2) is 6.86. The molecule has 4 N–H and O–H groups in total. The summed E-state index contributed by atoms with van der Waals surface area (Å²) >= 11 is 8.04. The molecule has 0 radical (unpaired) electrons. The molecule has 112 valence electrons. The Kier molecular flexibility index (Phi) is 5.13. The van der Waals surface area contributed by atoms with Crippen molar-refractivity contribution in [3.8, 4) is 5.75 Å². The summed E-state index contributed by atoms with van der Waals surface area (Å²) in [7, 11) is 0. The van der Waals surface area contributed by atoms with Crippen LogP contribution in [0, 0.1) is 0 Å². The van der Waals surface area contributed by atoms with Gasteiger partial charge in [0.1, 0.15) is 5.75 Å². The summed E-state index contributed by atoms with van der Waals surface area (Å²) in [6.45, 7) is 0.833. The monoisotopic (exact) mass is 371 g/mol. The van der Waals surface area contributed by atoms with Crippen LogP contribution in [0.3, 0.4) is 0 Å². The molecule has 1 aliphatic rings. The fourth-order valence-corrected chi connectivity index (χ4v) is 2.61. The van der Waals surface area contributed by atoms with Gasteiger partial charge < -0.3 is 21.1 Å². The van der Waals surface area contributed by atoms with Crippen molar-refractivity contribution in [3.05, 3.63) is 27.7 Å². The van der Waals surface area contributed by atoms with E-state index in [-0.39, 0.29) is 18.1 Å². The van der Waals surface area contributed by atoms with Gasteiger partial charge in [-0.2, -0.15) is 0 Å². The predicted octanol–water partition coefficient (Wildman–Crippen LogP) is 0.402. The molecule has 0 bridgehead atoms. The number of rotatable bonds is 4. The summed E-state index contributed by atoms with van der Waals surface area (Å²) in [5, 5.41) is 4.87. The van der Waals surface area contributed by atoms with Crippen LogP contribution in [0.1, 0.15) is 11.1 Å². The molecule has 1 aromatic rings. The third-order valence-electron chi connectivity index (χ3n) is 2.89. The molecule has 2 rings (SSSR count). The van der Waals surface area contributed by atoms with E-state index in [0.717, 1.165) is 27.8 Å². The zero-order valence-corrected chi connectivity index (χ0v) is 13.5. The molecule has 1 aromatic carbocycles. The van der Waals surface area contributed by atoms with Crippen molar-refractivity contribution in [1.82, 2.24) is 10.6 Å². The molecular weight excluding hydrogens is 358 g/mol. The lowest BCUT2D eigenvalue weighted by Crippen LogP contribution is -2.42. The molecule has 1 aliphatic heterocycles. The zero-order valence-electron chi connectivity index (χ0n) is 11.1. The molecule has 8 heteroatoms. The second-order valence-corrected chi connectivity index (χ2v) is 5.92. The van der Waals surface area contributed by atoms with Gasteiger partial charge in [0, 0.05) is 23.0 Å². The Bertz CT molecular complexity index is 607. The van der Waals surface area contributed by atoms with Crippen LogP contribution in [0.15, 0.2) is 16.6 Å². The van der Waals surface area contributed by atoms with Gasteiger partial charge in [-0.25, -0.2) is 0 Å². The number of thiocarbonyl (C=S) groups is 1. The fraction of sp³-hybridized carbons (Fsp3) is 0.308. The number of hydrogen-bond acceptors (Lipinski definition) is 4. The zero-order chi connectivity index (χ0) is 15.4. The van der Waals surface area contributed by atoms with Crippen molar-refractivity contribution >= 4 is 45.0 Å². The van der Waals surface area contributed by atoms with Crippen molar-refractivity contribution in [2.75, 3.05) is 13.2 Å². The molecule has 0 fully saturated rings. The second-order valence-electron chi connectivity index (χ2n) is 4.48. The molecule has 6 nitrogen and oxygen atoms in total. The standard InChI is InChI=1S/C13H14BrN3O3S/c14-9-3-7-1-2-20-11(7)8(4-9)5-16-12(18)13(19)17-6-10(15)21/h3-4H,1-2,5-6H2,(H2,15,21)(H,16,18)(H,17,19). The van der Waals surface area contributed by atoms with Gasteiger partial charge >= 0.3 is 11.8 Å². The molecule has 0 saturated heterocycles. The van der Waals surface area contributed by atoms with E-state index in [0.29, 0.717) is 6.61 Å². The smallest absolute Gasteiger partial charge is 0.309 e. The number of nitrogens with two attached hydrogens (primary N) is 1. The number of benzene rings is 1. The molecule has 0 aromatic heterocycles. The van der Waals surface area contributed by atoms with Gasteiger partial charge in [-0.05, 0) is 17.7 Å². The Labute approximate surface area is 135 Å². The Morgan fingerprint density at radius 2 is 2.05 bits per heavy atom. The first-order valence-electron chi connectivity index (χ1n) is 6.26. The van der Waals surface area contributed by atoms with E-state index in [1.54, 1.807) is 0 Å². The molecule has 2 amide bonds. The van der Waals surface area contributed by atoms with Gasteiger partial charge in [0.2, 0.25) is 0 Å². The lowest BCUT2D eigenvalue weighted by molar-refractivity contribution is -0.139. The normalized spacial score (nSPS) is 12.2. The van der Waals surface area contributed by atoms with Crippen LogP contribution >= 0.6 is 28.1 Å². The van der Waals surface area contributed by atoms with Crippen molar-refractivity contribution in [2.24, 2.45) is 5.73 Å². The number of fused-ring (bicyclic) bond motifs is 1. The van der Waals surface area contributed by atoms with Crippen molar-refractivity contribution in [1.29, 1.82) is 0 Å². The van der Waals surface area contributed by atoms with Crippen molar-refractivity contribution in [3.63, 3.8) is 0 Å². The number of halogens is 1. The maximum atomic E-state index is 11.7. The van der Waals surface area contributed by atoms with E-state index in [1.165, 1.54) is 0 Å². The number of amides is 2. The number of carbonyl (C=O) groups is 2. The molecule has 0 unspecified atom stereocenters. The quantitative estimate of drug-likeness (QED) is 0.526. The largest absolute Gasteiger partial charge is 0.493 e. The lowest BCUT2D eigenvalue weighted by atomic mass is 10.1. The van der Waals surface area contributed by atoms with E-state index in [9.17, 15) is 9.59 Å². The molecule has 0 saturated carbocycles. The van der Waals surface area contributed by atoms with Crippen LogP contribution in [0.5, 0.6) is 5.75 Å². The molecular formula is C13H14BrN3O3S. The number of ether oxygens (including phenoxy) is 1. The summed E-state index contributed by atoms with van der Waals surface area (Å²) < 4.78 is 6.46. The Morgan fingerprint density at radius 1 is 1.33 bits per heavy atom. The summed E-state index contributed by atoms with van der Waals surface area (Å²) in [6, 6.07) is 3.85. The van der Waals surface area contributed by atoms with E-state index in [2.05, 4.69) is 38.8 Å². The Hall–Kier alpha value is -1.67. The van der Waals surface area contributed by atoms with Gasteiger partial charge in [0.25, 0.3) is 0 Å². The average molecular weight is 372 g/mol. The van der Waals surface area contributed by atoms with Crippen LogP contribution in [-0.2, 0) is 22.6 Å². The van der Waals surface area contributed by atoms with Crippen LogP contribution in [0.2, 0.25) is 0 Å². The van der Waals surface area contributed by atoms with Gasteiger partial charge in [-0.3, -0.25) is 9.59 Å². The van der Waals surface area contributed by atoms with Crippen LogP contribution in [0.4, 0.5) is 0 Å². The van der Waals surface area contributed by atoms with Gasteiger partial charge in [-0.15, -0.1) is 0 Å².